The number of hydrogen-bond acceptors (Lipinski definition) is 10. The highest BCUT2D eigenvalue weighted by Gasteiger charge is 2.17. The molecule has 0 aliphatic heterocycles. The molecule has 0 atom stereocenters. The van der Waals surface area contributed by atoms with Gasteiger partial charge in [-0.05, 0) is 36.4 Å². The number of esters is 2. The normalized spacial score (nSPS) is 10.4. The number of carbonyl (C=O) groups is 2. The number of rotatable bonds is 4. The molecule has 154 valence electrons. The summed E-state index contributed by atoms with van der Waals surface area (Å²) >= 11 is 0. The van der Waals surface area contributed by atoms with Crippen LogP contribution in [0.15, 0.2) is 48.5 Å². The number of hydrogen-bond donors (Lipinski definition) is 6. The van der Waals surface area contributed by atoms with E-state index in [0.29, 0.717) is 0 Å². The fourth-order valence-electron chi connectivity index (χ4n) is 2.38. The Morgan fingerprint density at radius 1 is 0.567 bits per heavy atom. The van der Waals surface area contributed by atoms with Crippen molar-refractivity contribution < 1.29 is 49.7 Å². The Hall–Kier alpha value is -4.60. The molecule has 0 heterocycles. The van der Waals surface area contributed by atoms with Gasteiger partial charge < -0.3 is 40.1 Å². The van der Waals surface area contributed by atoms with Crippen LogP contribution in [-0.2, 0) is 0 Å². The first kappa shape index (κ1) is 20.1. The van der Waals surface area contributed by atoms with E-state index >= 15 is 0 Å². The molecular weight excluding hydrogens is 400 g/mol. The van der Waals surface area contributed by atoms with Crippen LogP contribution in [0.25, 0.3) is 0 Å². The summed E-state index contributed by atoms with van der Waals surface area (Å²) in [4.78, 5) is 24.4. The third kappa shape index (κ3) is 4.12. The first-order valence-corrected chi connectivity index (χ1v) is 8.20. The molecule has 3 rings (SSSR count). The van der Waals surface area contributed by atoms with Gasteiger partial charge in [-0.25, -0.2) is 9.59 Å². The highest BCUT2D eigenvalue weighted by atomic mass is 16.5. The summed E-state index contributed by atoms with van der Waals surface area (Å²) in [7, 11) is 0. The Morgan fingerprint density at radius 3 is 1.23 bits per heavy atom. The first-order valence-electron chi connectivity index (χ1n) is 8.20. The SMILES string of the molecule is O=C(Oc1cccc(OC(=O)c2cc(O)c(O)c(O)c2)c1)c1cc(O)c(O)c(O)c1. The minimum atomic E-state index is -0.975. The van der Waals surface area contributed by atoms with Gasteiger partial charge >= 0.3 is 11.9 Å². The summed E-state index contributed by atoms with van der Waals surface area (Å²) in [5.41, 5.74) is -0.500. The second-order valence-electron chi connectivity index (χ2n) is 5.98. The third-order valence-electron chi connectivity index (χ3n) is 3.84. The second-order valence-corrected chi connectivity index (χ2v) is 5.98. The summed E-state index contributed by atoms with van der Waals surface area (Å²) in [5, 5.41) is 56.5. The largest absolute Gasteiger partial charge is 0.504 e. The molecule has 0 aromatic heterocycles. The maximum absolute atomic E-state index is 12.2. The van der Waals surface area contributed by atoms with E-state index in [0.717, 1.165) is 24.3 Å². The molecule has 0 aliphatic rings. The van der Waals surface area contributed by atoms with Gasteiger partial charge in [0, 0.05) is 6.07 Å². The Morgan fingerprint density at radius 2 is 0.900 bits per heavy atom. The second kappa shape index (κ2) is 7.80. The number of benzene rings is 3. The van der Waals surface area contributed by atoms with E-state index in [-0.39, 0.29) is 22.6 Å². The van der Waals surface area contributed by atoms with Crippen LogP contribution in [0.1, 0.15) is 20.7 Å². The van der Waals surface area contributed by atoms with Crippen LogP contribution < -0.4 is 9.47 Å². The summed E-state index contributed by atoms with van der Waals surface area (Å²) in [6, 6.07) is 8.91. The van der Waals surface area contributed by atoms with Crippen LogP contribution in [0, 0.1) is 0 Å². The Bertz CT molecular complexity index is 1020. The molecule has 0 amide bonds. The zero-order valence-electron chi connectivity index (χ0n) is 14.9. The van der Waals surface area contributed by atoms with Gasteiger partial charge in [-0.15, -0.1) is 0 Å². The lowest BCUT2D eigenvalue weighted by Gasteiger charge is -2.09. The maximum atomic E-state index is 12.2. The average Bonchev–Trinajstić information content (AvgIpc) is 2.69. The monoisotopic (exact) mass is 414 g/mol. The molecule has 3 aromatic rings. The number of ether oxygens (including phenoxy) is 2. The van der Waals surface area contributed by atoms with Crippen LogP contribution in [0.5, 0.6) is 46.0 Å². The molecular formula is C20H14O10. The van der Waals surface area contributed by atoms with E-state index < -0.39 is 46.4 Å². The molecule has 0 saturated carbocycles. The van der Waals surface area contributed by atoms with E-state index in [9.17, 15) is 40.2 Å². The van der Waals surface area contributed by atoms with E-state index in [4.69, 9.17) is 9.47 Å². The molecule has 0 unspecified atom stereocenters. The molecule has 0 aliphatic carbocycles. The average molecular weight is 414 g/mol. The van der Waals surface area contributed by atoms with Crippen LogP contribution >= 0.6 is 0 Å². The van der Waals surface area contributed by atoms with Gasteiger partial charge in [0.15, 0.2) is 34.5 Å². The molecule has 0 fully saturated rings. The lowest BCUT2D eigenvalue weighted by molar-refractivity contribution is 0.0731. The molecule has 0 bridgehead atoms. The maximum Gasteiger partial charge on any atom is 0.343 e. The van der Waals surface area contributed by atoms with Crippen molar-refractivity contribution in [2.75, 3.05) is 0 Å². The van der Waals surface area contributed by atoms with Crippen LogP contribution in [-0.4, -0.2) is 42.6 Å². The number of phenolic OH excluding ortho intramolecular Hbond substituents is 6. The lowest BCUT2D eigenvalue weighted by Crippen LogP contribution is -2.10. The highest BCUT2D eigenvalue weighted by molar-refractivity contribution is 5.93. The predicted molar refractivity (Wildman–Crippen MR) is 99.2 cm³/mol. The topological polar surface area (TPSA) is 174 Å². The molecule has 10 nitrogen and oxygen atoms in total. The molecule has 6 N–H and O–H groups in total. The zero-order chi connectivity index (χ0) is 22.0. The molecule has 0 radical (unpaired) electrons. The van der Waals surface area contributed by atoms with Crippen molar-refractivity contribution in [1.82, 2.24) is 0 Å². The molecule has 0 spiro atoms. The molecule has 0 saturated heterocycles. The van der Waals surface area contributed by atoms with Gasteiger partial charge in [0.1, 0.15) is 11.5 Å². The first-order chi connectivity index (χ1) is 14.2. The minimum absolute atomic E-state index is 0.0474. The highest BCUT2D eigenvalue weighted by Crippen LogP contribution is 2.37. The molecule has 10 heteroatoms. The van der Waals surface area contributed by atoms with Crippen molar-refractivity contribution in [3.63, 3.8) is 0 Å². The number of phenols is 6. The van der Waals surface area contributed by atoms with Crippen LogP contribution in [0.4, 0.5) is 0 Å². The Balaban J connectivity index is 1.76. The van der Waals surface area contributed by atoms with Crippen molar-refractivity contribution in [1.29, 1.82) is 0 Å². The van der Waals surface area contributed by atoms with Crippen LogP contribution in [0.3, 0.4) is 0 Å². The third-order valence-corrected chi connectivity index (χ3v) is 3.84. The van der Waals surface area contributed by atoms with Crippen molar-refractivity contribution in [3.05, 3.63) is 59.7 Å². The van der Waals surface area contributed by atoms with Gasteiger partial charge in [-0.1, -0.05) is 6.07 Å². The predicted octanol–water partition coefficient (Wildman–Crippen LogP) is 2.36. The van der Waals surface area contributed by atoms with E-state index in [2.05, 4.69) is 0 Å². The summed E-state index contributed by atoms with van der Waals surface area (Å²) < 4.78 is 10.2. The standard InChI is InChI=1S/C20H14O10/c21-13-4-9(5-14(22)17(13)25)19(27)29-11-2-1-3-12(8-11)30-20(28)10-6-15(23)18(26)16(24)7-10/h1-8,21-26H. The van der Waals surface area contributed by atoms with Crippen molar-refractivity contribution >= 4 is 11.9 Å². The summed E-state index contributed by atoms with van der Waals surface area (Å²) in [5.74, 6) is -6.49. The Labute approximate surface area is 168 Å². The Kier molecular flexibility index (Phi) is 5.23. The van der Waals surface area contributed by atoms with Crippen molar-refractivity contribution in [2.24, 2.45) is 0 Å². The van der Waals surface area contributed by atoms with Gasteiger partial charge in [0.05, 0.1) is 11.1 Å². The van der Waals surface area contributed by atoms with Gasteiger partial charge in [-0.3, -0.25) is 0 Å². The fourth-order valence-corrected chi connectivity index (χ4v) is 2.38. The van der Waals surface area contributed by atoms with E-state index in [1.165, 1.54) is 24.3 Å². The quantitative estimate of drug-likeness (QED) is 0.211. The summed E-state index contributed by atoms with van der Waals surface area (Å²) in [6.45, 7) is 0. The smallest absolute Gasteiger partial charge is 0.343 e. The van der Waals surface area contributed by atoms with Crippen molar-refractivity contribution in [3.8, 4) is 46.0 Å². The minimum Gasteiger partial charge on any atom is -0.504 e. The number of aromatic hydroxyl groups is 6. The lowest BCUT2D eigenvalue weighted by atomic mass is 10.2. The summed E-state index contributed by atoms with van der Waals surface area (Å²) in [6.07, 6.45) is 0. The number of carbonyl (C=O) groups excluding carboxylic acids is 2. The van der Waals surface area contributed by atoms with E-state index in [1.54, 1.807) is 0 Å². The molecule has 3 aromatic carbocycles. The fraction of sp³-hybridized carbons (Fsp3) is 0. The van der Waals surface area contributed by atoms with Gasteiger partial charge in [-0.2, -0.15) is 0 Å². The van der Waals surface area contributed by atoms with Gasteiger partial charge in [0.2, 0.25) is 0 Å². The van der Waals surface area contributed by atoms with Gasteiger partial charge in [0.25, 0.3) is 0 Å². The zero-order valence-corrected chi connectivity index (χ0v) is 14.9. The van der Waals surface area contributed by atoms with E-state index in [1.807, 2.05) is 0 Å². The van der Waals surface area contributed by atoms with Crippen LogP contribution in [0.2, 0.25) is 0 Å². The van der Waals surface area contributed by atoms with Crippen molar-refractivity contribution in [2.45, 2.75) is 0 Å². The molecule has 30 heavy (non-hydrogen) atoms.